The molecular formula is C62H70F2O8. The molecule has 0 saturated heterocycles. The second-order valence-electron chi connectivity index (χ2n) is 19.5. The van der Waals surface area contributed by atoms with Gasteiger partial charge in [-0.05, 0) is 149 Å². The summed E-state index contributed by atoms with van der Waals surface area (Å²) in [4.78, 5) is 23.2. The van der Waals surface area contributed by atoms with Gasteiger partial charge in [-0.3, -0.25) is 9.59 Å². The molecule has 1 N–H and O–H groups in total. The molecule has 380 valence electrons. The van der Waals surface area contributed by atoms with Crippen LogP contribution in [0.2, 0.25) is 0 Å². The van der Waals surface area contributed by atoms with Gasteiger partial charge in [0.05, 0.1) is 33.7 Å². The zero-order valence-corrected chi connectivity index (χ0v) is 43.6. The van der Waals surface area contributed by atoms with Crippen LogP contribution in [-0.2, 0) is 38.4 Å². The first-order chi connectivity index (χ1) is 34.3. The number of allylic oxidation sites excluding steroid dienone is 4. The van der Waals surface area contributed by atoms with E-state index in [1.807, 2.05) is 130 Å². The average Bonchev–Trinajstić information content (AvgIpc) is 3.35. The molecule has 0 aliphatic carbocycles. The van der Waals surface area contributed by atoms with Gasteiger partial charge in [-0.25, -0.2) is 8.78 Å². The van der Waals surface area contributed by atoms with Crippen molar-refractivity contribution in [2.75, 3.05) is 20.8 Å². The number of carbonyl (C=O) groups excluding carboxylic acids is 1. The summed E-state index contributed by atoms with van der Waals surface area (Å²) in [5.41, 5.74) is 8.15. The van der Waals surface area contributed by atoms with Gasteiger partial charge in [-0.1, -0.05) is 114 Å². The fourth-order valence-electron chi connectivity index (χ4n) is 8.39. The first kappa shape index (κ1) is 55.7. The Balaban J connectivity index is 0.000000268. The number of methoxy groups -OCH3 is 2. The maximum absolute atomic E-state index is 14.9. The van der Waals surface area contributed by atoms with Gasteiger partial charge in [-0.2, -0.15) is 0 Å². The molecule has 0 aliphatic rings. The highest BCUT2D eigenvalue weighted by Crippen LogP contribution is 2.39. The molecule has 0 bridgehead atoms. The Labute approximate surface area is 425 Å². The Morgan fingerprint density at radius 3 is 1.28 bits per heavy atom. The Morgan fingerprint density at radius 2 is 0.931 bits per heavy atom. The lowest BCUT2D eigenvalue weighted by Crippen LogP contribution is -2.13. The van der Waals surface area contributed by atoms with Crippen LogP contribution in [0.25, 0.3) is 22.3 Å². The molecule has 10 heteroatoms. The van der Waals surface area contributed by atoms with Crippen LogP contribution in [0.5, 0.6) is 23.0 Å². The van der Waals surface area contributed by atoms with Crippen molar-refractivity contribution in [3.63, 3.8) is 0 Å². The molecule has 0 aliphatic heterocycles. The van der Waals surface area contributed by atoms with E-state index in [1.54, 1.807) is 38.5 Å². The van der Waals surface area contributed by atoms with Gasteiger partial charge in [0.1, 0.15) is 47.8 Å². The van der Waals surface area contributed by atoms with Crippen molar-refractivity contribution in [1.82, 2.24) is 0 Å². The van der Waals surface area contributed by atoms with E-state index in [9.17, 15) is 18.4 Å². The molecule has 0 heterocycles. The van der Waals surface area contributed by atoms with Gasteiger partial charge >= 0.3 is 11.9 Å². The number of benzene rings is 6. The maximum atomic E-state index is 14.9. The molecule has 0 aromatic heterocycles. The van der Waals surface area contributed by atoms with Crippen LogP contribution in [0.3, 0.4) is 0 Å². The number of halogens is 2. The number of carbonyl (C=O) groups is 2. The van der Waals surface area contributed by atoms with Crippen molar-refractivity contribution in [2.45, 2.75) is 111 Å². The Kier molecular flexibility index (Phi) is 19.9. The second kappa shape index (κ2) is 25.8. The first-order valence-corrected chi connectivity index (χ1v) is 24.3. The van der Waals surface area contributed by atoms with Gasteiger partial charge in [0, 0.05) is 23.0 Å². The summed E-state index contributed by atoms with van der Waals surface area (Å²) in [6.45, 7) is 19.3. The average molecular weight is 981 g/mol. The van der Waals surface area contributed by atoms with E-state index in [4.69, 9.17) is 28.8 Å². The van der Waals surface area contributed by atoms with Crippen LogP contribution in [0.1, 0.15) is 120 Å². The molecule has 2 atom stereocenters. The maximum Gasteiger partial charge on any atom is 0.306 e. The van der Waals surface area contributed by atoms with E-state index in [2.05, 4.69) is 41.5 Å². The van der Waals surface area contributed by atoms with Crippen LogP contribution in [0.4, 0.5) is 8.78 Å². The fourth-order valence-corrected chi connectivity index (χ4v) is 8.39. The first-order valence-electron chi connectivity index (χ1n) is 24.3. The largest absolute Gasteiger partial charge is 0.497 e. The molecule has 0 unspecified atom stereocenters. The molecule has 0 radical (unpaired) electrons. The smallest absolute Gasteiger partial charge is 0.306 e. The van der Waals surface area contributed by atoms with Crippen LogP contribution >= 0.6 is 0 Å². The minimum Gasteiger partial charge on any atom is -0.497 e. The molecule has 0 saturated carbocycles. The summed E-state index contributed by atoms with van der Waals surface area (Å²) in [6, 6.07) is 36.9. The fraction of sp³-hybridized carbons (Fsp3) is 0.323. The van der Waals surface area contributed by atoms with Crippen LogP contribution in [0, 0.1) is 11.6 Å². The third kappa shape index (κ3) is 15.6. The summed E-state index contributed by atoms with van der Waals surface area (Å²) in [5.74, 6) is 0.716. The molecule has 0 amide bonds. The predicted molar refractivity (Wildman–Crippen MR) is 284 cm³/mol. The molecule has 8 nitrogen and oxygen atoms in total. The van der Waals surface area contributed by atoms with E-state index < -0.39 is 5.97 Å². The highest BCUT2D eigenvalue weighted by Gasteiger charge is 2.24. The molecule has 6 aromatic rings. The van der Waals surface area contributed by atoms with E-state index in [1.165, 1.54) is 12.1 Å². The van der Waals surface area contributed by atoms with Crippen LogP contribution in [0.15, 0.2) is 146 Å². The Morgan fingerprint density at radius 1 is 0.542 bits per heavy atom. The molecule has 0 fully saturated rings. The minimum absolute atomic E-state index is 0.0360. The van der Waals surface area contributed by atoms with Gasteiger partial charge in [-0.15, -0.1) is 0 Å². The van der Waals surface area contributed by atoms with Crippen molar-refractivity contribution in [3.05, 3.63) is 191 Å². The molecular weight excluding hydrogens is 911 g/mol. The zero-order valence-electron chi connectivity index (χ0n) is 43.6. The van der Waals surface area contributed by atoms with Crippen molar-refractivity contribution in [3.8, 4) is 45.3 Å². The lowest BCUT2D eigenvalue weighted by atomic mass is 9.81. The van der Waals surface area contributed by atoms with Gasteiger partial charge < -0.3 is 28.8 Å². The molecule has 72 heavy (non-hydrogen) atoms. The third-order valence-electron chi connectivity index (χ3n) is 12.1. The van der Waals surface area contributed by atoms with Crippen LogP contribution < -0.4 is 18.9 Å². The molecule has 6 rings (SSSR count). The topological polar surface area (TPSA) is 101 Å². The van der Waals surface area contributed by atoms with Crippen molar-refractivity contribution in [2.24, 2.45) is 0 Å². The standard InChI is InChI=1S/C32H37FO4.C30H33FO4/c1-7-9-24(19-31(34)36-8-2)23-11-13-25(14-12-23)37-21-22-10-16-29(32(3,4)5)27(18-22)28-20-26(35-6)15-17-30(28)33;1-6-7-22(17-29(32)33)21-9-11-23(12-10-21)35-19-20-8-14-27(30(2,3)4)25(16-20)26-18-24(34-5)13-15-28(26)31/h7,9-18,20,24H,8,19,21H2,1-6H3;6-16,18,22H,17,19H2,1-5H3,(H,32,33)/b9-7+;7-6+/t24-;22-/m00/s1. The lowest BCUT2D eigenvalue weighted by molar-refractivity contribution is -0.143. The minimum atomic E-state index is -0.838. The second-order valence-corrected chi connectivity index (χ2v) is 19.5. The van der Waals surface area contributed by atoms with E-state index >= 15 is 0 Å². The number of hydrogen-bond acceptors (Lipinski definition) is 7. The molecule has 6 aromatic carbocycles. The quantitative estimate of drug-likeness (QED) is 0.0633. The lowest BCUT2D eigenvalue weighted by Gasteiger charge is -2.24. The van der Waals surface area contributed by atoms with Gasteiger partial charge in [0.2, 0.25) is 0 Å². The molecule has 0 spiro atoms. The number of aliphatic carboxylic acids is 1. The number of hydrogen-bond donors (Lipinski definition) is 1. The number of carboxylic acids is 1. The normalized spacial score (nSPS) is 12.5. The number of carboxylic acid groups (broad SMARTS) is 1. The highest BCUT2D eigenvalue weighted by atomic mass is 19.1. The summed E-state index contributed by atoms with van der Waals surface area (Å²) >= 11 is 0. The van der Waals surface area contributed by atoms with Crippen molar-refractivity contribution in [1.29, 1.82) is 0 Å². The van der Waals surface area contributed by atoms with Gasteiger partial charge in [0.15, 0.2) is 0 Å². The summed E-state index contributed by atoms with van der Waals surface area (Å²) in [6.07, 6.45) is 8.03. The monoisotopic (exact) mass is 981 g/mol. The SMILES string of the molecule is C/C=C/[C@@H](CC(=O)O)c1ccc(OCc2ccc(C(C)(C)C)c(-c3cc(OC)ccc3F)c2)cc1.C/C=C/[C@@H](CC(=O)OCC)c1ccc(OCc2ccc(C(C)(C)C)c(-c3cc(OC)ccc3F)c2)cc1. The van der Waals surface area contributed by atoms with E-state index in [-0.39, 0.29) is 46.7 Å². The summed E-state index contributed by atoms with van der Waals surface area (Å²) in [7, 11) is 3.15. The zero-order chi connectivity index (χ0) is 52.6. The predicted octanol–water partition coefficient (Wildman–Crippen LogP) is 15.5. The summed E-state index contributed by atoms with van der Waals surface area (Å²) in [5, 5.41) is 9.17. The van der Waals surface area contributed by atoms with E-state index in [0.717, 1.165) is 44.5 Å². The third-order valence-corrected chi connectivity index (χ3v) is 12.1. The number of esters is 1. The van der Waals surface area contributed by atoms with E-state index in [0.29, 0.717) is 60.4 Å². The van der Waals surface area contributed by atoms with Gasteiger partial charge in [0.25, 0.3) is 0 Å². The number of ether oxygens (including phenoxy) is 5. The van der Waals surface area contributed by atoms with Crippen LogP contribution in [-0.4, -0.2) is 37.9 Å². The highest BCUT2D eigenvalue weighted by molar-refractivity contribution is 5.73. The Bertz CT molecular complexity index is 2800. The van der Waals surface area contributed by atoms with Crippen molar-refractivity contribution >= 4 is 11.9 Å². The summed E-state index contributed by atoms with van der Waals surface area (Å²) < 4.78 is 57.6. The Hall–Kier alpha value is -7.20. The van der Waals surface area contributed by atoms with Crippen molar-refractivity contribution < 1.29 is 47.2 Å². The number of rotatable bonds is 19.